The summed E-state index contributed by atoms with van der Waals surface area (Å²) in [6.45, 7) is 11.0. The van der Waals surface area contributed by atoms with Gasteiger partial charge < -0.3 is 15.3 Å². The van der Waals surface area contributed by atoms with Crippen molar-refractivity contribution in [3.8, 4) is 0 Å². The summed E-state index contributed by atoms with van der Waals surface area (Å²) in [6, 6.07) is 10.4. The number of aliphatic hydroxyl groups excluding tert-OH is 1. The average molecular weight is 290 g/mol. The van der Waals surface area contributed by atoms with E-state index in [9.17, 15) is 5.11 Å². The SMILES string of the molecule is CCCNC(CO)(CN1CC(C)C(C)C1)c1ccccc1. The second-order valence-electron chi connectivity index (χ2n) is 6.68. The Morgan fingerprint density at radius 1 is 1.19 bits per heavy atom. The molecule has 3 atom stereocenters. The Hall–Kier alpha value is -0.900. The third kappa shape index (κ3) is 3.85. The lowest BCUT2D eigenvalue weighted by Crippen LogP contribution is -2.53. The van der Waals surface area contributed by atoms with Gasteiger partial charge >= 0.3 is 0 Å². The molecular formula is C18H30N2O. The van der Waals surface area contributed by atoms with Crippen molar-refractivity contribution in [2.45, 2.75) is 32.7 Å². The maximum atomic E-state index is 10.2. The lowest BCUT2D eigenvalue weighted by atomic mass is 9.89. The Labute approximate surface area is 129 Å². The maximum absolute atomic E-state index is 10.2. The zero-order chi connectivity index (χ0) is 15.3. The molecule has 118 valence electrons. The normalized spacial score (nSPS) is 25.9. The van der Waals surface area contributed by atoms with Gasteiger partial charge in [0.05, 0.1) is 12.1 Å². The molecule has 1 heterocycles. The summed E-state index contributed by atoms with van der Waals surface area (Å²) in [5.74, 6) is 1.48. The van der Waals surface area contributed by atoms with Gasteiger partial charge in [-0.1, -0.05) is 51.1 Å². The Balaban J connectivity index is 2.19. The van der Waals surface area contributed by atoms with Crippen molar-refractivity contribution in [2.75, 3.05) is 32.8 Å². The zero-order valence-electron chi connectivity index (χ0n) is 13.7. The highest BCUT2D eigenvalue weighted by molar-refractivity contribution is 5.25. The summed E-state index contributed by atoms with van der Waals surface area (Å²) >= 11 is 0. The minimum atomic E-state index is -0.346. The van der Waals surface area contributed by atoms with Crippen LogP contribution in [0.1, 0.15) is 32.8 Å². The first-order valence-electron chi connectivity index (χ1n) is 8.25. The number of rotatable bonds is 7. The Morgan fingerprint density at radius 3 is 2.33 bits per heavy atom. The van der Waals surface area contributed by atoms with Crippen LogP contribution in [0.15, 0.2) is 30.3 Å². The summed E-state index contributed by atoms with van der Waals surface area (Å²) in [7, 11) is 0. The number of nitrogens with zero attached hydrogens (tertiary/aromatic N) is 1. The van der Waals surface area contributed by atoms with E-state index in [0.29, 0.717) is 0 Å². The van der Waals surface area contributed by atoms with Gasteiger partial charge in [-0.25, -0.2) is 0 Å². The minimum absolute atomic E-state index is 0.135. The van der Waals surface area contributed by atoms with Crippen molar-refractivity contribution in [3.63, 3.8) is 0 Å². The molecule has 0 saturated carbocycles. The van der Waals surface area contributed by atoms with Crippen molar-refractivity contribution < 1.29 is 5.11 Å². The molecule has 2 N–H and O–H groups in total. The molecular weight excluding hydrogens is 260 g/mol. The van der Waals surface area contributed by atoms with Gasteiger partial charge in [0.1, 0.15) is 0 Å². The van der Waals surface area contributed by atoms with E-state index >= 15 is 0 Å². The van der Waals surface area contributed by atoms with E-state index in [1.807, 2.05) is 6.07 Å². The van der Waals surface area contributed by atoms with Crippen molar-refractivity contribution in [2.24, 2.45) is 11.8 Å². The summed E-state index contributed by atoms with van der Waals surface area (Å²) < 4.78 is 0. The fraction of sp³-hybridized carbons (Fsp3) is 0.667. The van der Waals surface area contributed by atoms with Gasteiger partial charge in [-0.05, 0) is 30.4 Å². The molecule has 1 saturated heterocycles. The zero-order valence-corrected chi connectivity index (χ0v) is 13.7. The molecule has 0 aliphatic carbocycles. The second-order valence-corrected chi connectivity index (χ2v) is 6.68. The Kier molecular flexibility index (Phi) is 5.80. The highest BCUT2D eigenvalue weighted by Crippen LogP contribution is 2.28. The highest BCUT2D eigenvalue weighted by Gasteiger charge is 2.36. The van der Waals surface area contributed by atoms with Crippen LogP contribution in [-0.2, 0) is 5.54 Å². The molecule has 0 radical (unpaired) electrons. The van der Waals surface area contributed by atoms with E-state index in [4.69, 9.17) is 0 Å². The fourth-order valence-corrected chi connectivity index (χ4v) is 3.33. The largest absolute Gasteiger partial charge is 0.394 e. The molecule has 1 aromatic rings. The standard InChI is InChI=1S/C18H30N2O/c1-4-10-19-18(14-21,17-8-6-5-7-9-17)13-20-11-15(2)16(3)12-20/h5-9,15-16,19,21H,4,10-14H2,1-3H3. The molecule has 0 bridgehead atoms. The van der Waals surface area contributed by atoms with Crippen molar-refractivity contribution in [1.82, 2.24) is 10.2 Å². The number of hydrogen-bond acceptors (Lipinski definition) is 3. The fourth-order valence-electron chi connectivity index (χ4n) is 3.33. The molecule has 3 heteroatoms. The first-order chi connectivity index (χ1) is 10.1. The Morgan fingerprint density at radius 2 is 1.81 bits per heavy atom. The van der Waals surface area contributed by atoms with Gasteiger partial charge in [0.2, 0.25) is 0 Å². The van der Waals surface area contributed by atoms with Crippen molar-refractivity contribution >= 4 is 0 Å². The van der Waals surface area contributed by atoms with E-state index in [1.54, 1.807) is 0 Å². The van der Waals surface area contributed by atoms with E-state index < -0.39 is 0 Å². The van der Waals surface area contributed by atoms with Crippen LogP contribution in [0.25, 0.3) is 0 Å². The van der Waals surface area contributed by atoms with Crippen LogP contribution in [0.3, 0.4) is 0 Å². The van der Waals surface area contributed by atoms with Crippen molar-refractivity contribution in [1.29, 1.82) is 0 Å². The van der Waals surface area contributed by atoms with Crippen LogP contribution in [0.2, 0.25) is 0 Å². The highest BCUT2D eigenvalue weighted by atomic mass is 16.3. The molecule has 2 rings (SSSR count). The van der Waals surface area contributed by atoms with Gasteiger partial charge in [-0.3, -0.25) is 0 Å². The quantitative estimate of drug-likeness (QED) is 0.810. The maximum Gasteiger partial charge on any atom is 0.0797 e. The third-order valence-corrected chi connectivity index (χ3v) is 4.87. The number of hydrogen-bond donors (Lipinski definition) is 2. The van der Waals surface area contributed by atoms with Crippen molar-refractivity contribution in [3.05, 3.63) is 35.9 Å². The van der Waals surface area contributed by atoms with Gasteiger partial charge in [0.25, 0.3) is 0 Å². The average Bonchev–Trinajstić information content (AvgIpc) is 2.82. The first-order valence-corrected chi connectivity index (χ1v) is 8.25. The summed E-state index contributed by atoms with van der Waals surface area (Å²) in [5.41, 5.74) is 0.842. The number of benzene rings is 1. The third-order valence-electron chi connectivity index (χ3n) is 4.87. The lowest BCUT2D eigenvalue weighted by molar-refractivity contribution is 0.115. The minimum Gasteiger partial charge on any atom is -0.394 e. The van der Waals surface area contributed by atoms with E-state index in [1.165, 1.54) is 5.56 Å². The van der Waals surface area contributed by atoms with Crippen LogP contribution in [0.5, 0.6) is 0 Å². The summed E-state index contributed by atoms with van der Waals surface area (Å²) in [4.78, 5) is 2.50. The lowest BCUT2D eigenvalue weighted by Gasteiger charge is -2.37. The number of nitrogens with one attached hydrogen (secondary N) is 1. The molecule has 0 spiro atoms. The molecule has 1 aliphatic heterocycles. The van der Waals surface area contributed by atoms with Gasteiger partial charge in [-0.15, -0.1) is 0 Å². The molecule has 21 heavy (non-hydrogen) atoms. The first kappa shape index (κ1) is 16.5. The van der Waals surface area contributed by atoms with Crippen LogP contribution in [0.4, 0.5) is 0 Å². The van der Waals surface area contributed by atoms with E-state index in [2.05, 4.69) is 55.3 Å². The molecule has 3 unspecified atom stereocenters. The second kappa shape index (κ2) is 7.39. The molecule has 3 nitrogen and oxygen atoms in total. The van der Waals surface area contributed by atoms with Gasteiger partial charge in [0, 0.05) is 19.6 Å². The van der Waals surface area contributed by atoms with E-state index in [-0.39, 0.29) is 12.1 Å². The van der Waals surface area contributed by atoms with Crippen LogP contribution >= 0.6 is 0 Å². The smallest absolute Gasteiger partial charge is 0.0797 e. The van der Waals surface area contributed by atoms with Crippen LogP contribution < -0.4 is 5.32 Å². The van der Waals surface area contributed by atoms with Gasteiger partial charge in [-0.2, -0.15) is 0 Å². The Bertz CT molecular complexity index is 412. The van der Waals surface area contributed by atoms with Gasteiger partial charge in [0.15, 0.2) is 0 Å². The van der Waals surface area contributed by atoms with E-state index in [0.717, 1.165) is 44.4 Å². The van der Waals surface area contributed by atoms with Crippen LogP contribution in [-0.4, -0.2) is 42.8 Å². The molecule has 1 fully saturated rings. The molecule has 0 amide bonds. The topological polar surface area (TPSA) is 35.5 Å². The predicted molar refractivity (Wildman–Crippen MR) is 88.3 cm³/mol. The van der Waals surface area contributed by atoms with Crippen LogP contribution in [0, 0.1) is 11.8 Å². The summed E-state index contributed by atoms with van der Waals surface area (Å²) in [6.07, 6.45) is 1.07. The molecule has 1 aromatic carbocycles. The number of likely N-dealkylation sites (tertiary alicyclic amines) is 1. The summed E-state index contributed by atoms with van der Waals surface area (Å²) in [5, 5.41) is 13.8. The predicted octanol–water partition coefficient (Wildman–Crippen LogP) is 2.46. The molecule has 1 aliphatic rings. The molecule has 0 aromatic heterocycles. The number of aliphatic hydroxyl groups is 1. The monoisotopic (exact) mass is 290 g/mol.